The van der Waals surface area contributed by atoms with E-state index in [0.717, 1.165) is 16.5 Å². The van der Waals surface area contributed by atoms with Gasteiger partial charge < -0.3 is 10.1 Å². The molecule has 4 nitrogen and oxygen atoms in total. The number of ether oxygens (including phenoxy) is 1. The zero-order valence-corrected chi connectivity index (χ0v) is 17.8. The molecule has 0 bridgehead atoms. The number of nitrogens with zero attached hydrogens (tertiary/aromatic N) is 1. The lowest BCUT2D eigenvalue weighted by Crippen LogP contribution is -2.25. The van der Waals surface area contributed by atoms with Crippen LogP contribution in [0.15, 0.2) is 60.8 Å². The highest BCUT2D eigenvalue weighted by Crippen LogP contribution is 2.31. The van der Waals surface area contributed by atoms with Crippen molar-refractivity contribution in [2.45, 2.75) is 13.0 Å². The number of hydrogen-bond donors (Lipinski definition) is 1. The van der Waals surface area contributed by atoms with Crippen LogP contribution in [0.3, 0.4) is 0 Å². The molecule has 0 radical (unpaired) electrons. The van der Waals surface area contributed by atoms with Gasteiger partial charge in [0.25, 0.3) is 0 Å². The Hall–Kier alpha value is -2.44. The topological polar surface area (TPSA) is 51.2 Å². The normalized spacial score (nSPS) is 10.6. The minimum atomic E-state index is -0.337. The molecule has 29 heavy (non-hydrogen) atoms. The van der Waals surface area contributed by atoms with Gasteiger partial charge in [0.05, 0.1) is 18.1 Å². The summed E-state index contributed by atoms with van der Waals surface area (Å²) in [5.41, 5.74) is 2.74. The fourth-order valence-corrected chi connectivity index (χ4v) is 3.17. The van der Waals surface area contributed by atoms with Crippen molar-refractivity contribution >= 4 is 33.4 Å². The fourth-order valence-electron chi connectivity index (χ4n) is 2.73. The molecular formula is C22H19BrClFN2O2. The van der Waals surface area contributed by atoms with E-state index < -0.39 is 0 Å². The summed E-state index contributed by atoms with van der Waals surface area (Å²) in [5.74, 6) is 0.143. The first-order chi connectivity index (χ1) is 14.1. The molecule has 0 spiro atoms. The van der Waals surface area contributed by atoms with Crippen LogP contribution in [0.1, 0.15) is 11.3 Å². The number of amides is 1. The van der Waals surface area contributed by atoms with Crippen LogP contribution in [0.2, 0.25) is 5.02 Å². The van der Waals surface area contributed by atoms with Gasteiger partial charge >= 0.3 is 0 Å². The van der Waals surface area contributed by atoms with Crippen molar-refractivity contribution in [3.8, 4) is 16.9 Å². The summed E-state index contributed by atoms with van der Waals surface area (Å²) in [4.78, 5) is 16.5. The van der Waals surface area contributed by atoms with Gasteiger partial charge in [-0.1, -0.05) is 51.8 Å². The van der Waals surface area contributed by atoms with Gasteiger partial charge in [-0.2, -0.15) is 0 Å². The molecule has 0 saturated heterocycles. The van der Waals surface area contributed by atoms with Crippen LogP contribution in [0, 0.1) is 5.82 Å². The Labute approximate surface area is 182 Å². The molecule has 0 fully saturated rings. The predicted octanol–water partition coefficient (Wildman–Crippen LogP) is 5.17. The van der Waals surface area contributed by atoms with Gasteiger partial charge in [-0.05, 0) is 30.3 Å². The highest BCUT2D eigenvalue weighted by Gasteiger charge is 2.09. The summed E-state index contributed by atoms with van der Waals surface area (Å²) in [6.07, 6.45) is 1.79. The molecule has 1 N–H and O–H groups in total. The van der Waals surface area contributed by atoms with Crippen molar-refractivity contribution in [3.63, 3.8) is 0 Å². The zero-order valence-electron chi connectivity index (χ0n) is 15.5. The third kappa shape index (κ3) is 6.02. The van der Waals surface area contributed by atoms with E-state index in [4.69, 9.17) is 16.3 Å². The van der Waals surface area contributed by atoms with Crippen LogP contribution in [0.5, 0.6) is 5.75 Å². The van der Waals surface area contributed by atoms with E-state index in [1.807, 2.05) is 18.2 Å². The molecule has 2 aromatic carbocycles. The number of pyridine rings is 1. The van der Waals surface area contributed by atoms with Gasteiger partial charge in [-0.3, -0.25) is 9.78 Å². The Bertz CT molecular complexity index is 983. The molecule has 3 aromatic rings. The largest absolute Gasteiger partial charge is 0.493 e. The molecule has 7 heteroatoms. The van der Waals surface area contributed by atoms with Gasteiger partial charge in [0.15, 0.2) is 0 Å². The molecular weight excluding hydrogens is 459 g/mol. The first-order valence-electron chi connectivity index (χ1n) is 9.00. The maximum atomic E-state index is 13.6. The first-order valence-corrected chi connectivity index (χ1v) is 10.5. The molecule has 150 valence electrons. The lowest BCUT2D eigenvalue weighted by atomic mass is 10.1. The smallest absolute Gasteiger partial charge is 0.226 e. The maximum Gasteiger partial charge on any atom is 0.226 e. The van der Waals surface area contributed by atoms with Gasteiger partial charge in [0, 0.05) is 40.5 Å². The maximum absolute atomic E-state index is 13.6. The molecule has 1 aromatic heterocycles. The van der Waals surface area contributed by atoms with E-state index >= 15 is 0 Å². The average molecular weight is 478 g/mol. The second kappa shape index (κ2) is 10.4. The van der Waals surface area contributed by atoms with Crippen LogP contribution in [-0.4, -0.2) is 22.8 Å². The Morgan fingerprint density at radius 3 is 2.69 bits per heavy atom. The number of halogens is 3. The average Bonchev–Trinajstić information content (AvgIpc) is 2.72. The summed E-state index contributed by atoms with van der Waals surface area (Å²) < 4.78 is 19.1. The van der Waals surface area contributed by atoms with Crippen LogP contribution >= 0.6 is 27.5 Å². The van der Waals surface area contributed by atoms with Crippen molar-refractivity contribution in [1.29, 1.82) is 0 Å². The van der Waals surface area contributed by atoms with Crippen molar-refractivity contribution in [1.82, 2.24) is 10.3 Å². The third-order valence-electron chi connectivity index (χ3n) is 4.20. The van der Waals surface area contributed by atoms with Crippen LogP contribution in [-0.2, 0) is 17.8 Å². The van der Waals surface area contributed by atoms with Crippen LogP contribution in [0.4, 0.5) is 4.39 Å². The Kier molecular flexibility index (Phi) is 7.61. The lowest BCUT2D eigenvalue weighted by Gasteiger charge is -2.09. The second-order valence-corrected chi connectivity index (χ2v) is 7.46. The Morgan fingerprint density at radius 1 is 1.17 bits per heavy atom. The van der Waals surface area contributed by atoms with Gasteiger partial charge in [-0.25, -0.2) is 4.39 Å². The van der Waals surface area contributed by atoms with E-state index in [-0.39, 0.29) is 24.7 Å². The predicted molar refractivity (Wildman–Crippen MR) is 116 cm³/mol. The SMILES string of the molecule is O=C(Cc1ccc(-c2ccc(OCCBr)cc2Cl)cn1)NCc1ccccc1F. The molecule has 0 unspecified atom stereocenters. The van der Waals surface area contributed by atoms with E-state index in [2.05, 4.69) is 26.2 Å². The number of rotatable bonds is 8. The van der Waals surface area contributed by atoms with Crippen molar-refractivity contribution < 1.29 is 13.9 Å². The number of carbonyl (C=O) groups excluding carboxylic acids is 1. The van der Waals surface area contributed by atoms with Crippen molar-refractivity contribution in [2.24, 2.45) is 0 Å². The molecule has 0 aliphatic rings. The number of hydrogen-bond acceptors (Lipinski definition) is 3. The number of carbonyl (C=O) groups is 1. The molecule has 3 rings (SSSR count). The van der Waals surface area contributed by atoms with E-state index in [0.29, 0.717) is 28.6 Å². The molecule has 0 saturated carbocycles. The van der Waals surface area contributed by atoms with Gasteiger partial charge in [-0.15, -0.1) is 0 Å². The second-order valence-electron chi connectivity index (χ2n) is 6.26. The summed E-state index contributed by atoms with van der Waals surface area (Å²) in [6.45, 7) is 0.702. The van der Waals surface area contributed by atoms with Gasteiger partial charge in [0.1, 0.15) is 11.6 Å². The highest BCUT2D eigenvalue weighted by atomic mass is 79.9. The summed E-state index contributed by atoms with van der Waals surface area (Å²) in [7, 11) is 0. The van der Waals surface area contributed by atoms with E-state index in [9.17, 15) is 9.18 Å². The molecule has 1 heterocycles. The molecule has 0 aliphatic heterocycles. The standard InChI is InChI=1S/C22H19BrClFN2O2/c23-9-10-29-18-7-8-19(20(24)12-18)15-5-6-17(26-13-15)11-22(28)27-14-16-3-1-2-4-21(16)25/h1-8,12-13H,9-11,14H2,(H,27,28). The Morgan fingerprint density at radius 2 is 2.00 bits per heavy atom. The molecule has 1 amide bonds. The monoisotopic (exact) mass is 476 g/mol. The van der Waals surface area contributed by atoms with Crippen molar-refractivity contribution in [3.05, 3.63) is 82.9 Å². The minimum Gasteiger partial charge on any atom is -0.493 e. The Balaban J connectivity index is 1.60. The lowest BCUT2D eigenvalue weighted by molar-refractivity contribution is -0.120. The molecule has 0 aliphatic carbocycles. The summed E-state index contributed by atoms with van der Waals surface area (Å²) in [6, 6.07) is 15.5. The zero-order chi connectivity index (χ0) is 20.6. The fraction of sp³-hybridized carbons (Fsp3) is 0.182. The van der Waals surface area contributed by atoms with E-state index in [1.54, 1.807) is 36.5 Å². The van der Waals surface area contributed by atoms with Crippen LogP contribution in [0.25, 0.3) is 11.1 Å². The highest BCUT2D eigenvalue weighted by molar-refractivity contribution is 9.09. The van der Waals surface area contributed by atoms with Crippen LogP contribution < -0.4 is 10.1 Å². The number of nitrogens with one attached hydrogen (secondary N) is 1. The first kappa shape index (κ1) is 21.3. The summed E-state index contributed by atoms with van der Waals surface area (Å²) >= 11 is 9.68. The number of benzene rings is 2. The quantitative estimate of drug-likeness (QED) is 0.455. The third-order valence-corrected chi connectivity index (χ3v) is 4.83. The number of aromatic nitrogens is 1. The van der Waals surface area contributed by atoms with Gasteiger partial charge in [0.2, 0.25) is 5.91 Å². The van der Waals surface area contributed by atoms with E-state index in [1.165, 1.54) is 6.07 Å². The minimum absolute atomic E-state index is 0.113. The van der Waals surface area contributed by atoms with Crippen molar-refractivity contribution in [2.75, 3.05) is 11.9 Å². The number of alkyl halides is 1. The molecule has 0 atom stereocenters. The summed E-state index contributed by atoms with van der Waals surface area (Å²) in [5, 5.41) is 4.02.